The van der Waals surface area contributed by atoms with Gasteiger partial charge in [-0.2, -0.15) is 0 Å². The van der Waals surface area contributed by atoms with E-state index in [9.17, 15) is 5.11 Å². The third-order valence-electron chi connectivity index (χ3n) is 5.07. The van der Waals surface area contributed by atoms with Gasteiger partial charge in [0, 0.05) is 0 Å². The van der Waals surface area contributed by atoms with Gasteiger partial charge in [-0.05, 0) is 70.8 Å². The van der Waals surface area contributed by atoms with Gasteiger partial charge < -0.3 is 9.84 Å². The number of allylic oxidation sites excluding steroid dienone is 3. The first-order valence-corrected chi connectivity index (χ1v) is 8.71. The molecule has 0 bridgehead atoms. The standard InChI is InChI=1S/C20H32O2/c1-13(2)7-6-8-15(4)17-10-9-14(3)11-19-20(22-19)16(5)12-18(17)21/h7,11-12,15,17-21H,6,8-10H2,1-5H3. The molecule has 1 fully saturated rings. The van der Waals surface area contributed by atoms with Crippen LogP contribution in [0.2, 0.25) is 0 Å². The molecule has 124 valence electrons. The van der Waals surface area contributed by atoms with Gasteiger partial charge in [-0.25, -0.2) is 0 Å². The number of hydrogen-bond acceptors (Lipinski definition) is 2. The molecule has 2 rings (SSSR count). The highest BCUT2D eigenvalue weighted by molar-refractivity contribution is 5.24. The fourth-order valence-corrected chi connectivity index (χ4v) is 3.50. The van der Waals surface area contributed by atoms with Crippen LogP contribution in [-0.4, -0.2) is 23.4 Å². The van der Waals surface area contributed by atoms with Crippen molar-refractivity contribution < 1.29 is 9.84 Å². The Hall–Kier alpha value is -0.860. The minimum absolute atomic E-state index is 0.198. The zero-order chi connectivity index (χ0) is 16.3. The molecule has 22 heavy (non-hydrogen) atoms. The van der Waals surface area contributed by atoms with Crippen LogP contribution in [-0.2, 0) is 4.74 Å². The molecule has 0 aromatic heterocycles. The lowest BCUT2D eigenvalue weighted by atomic mass is 9.80. The molecular weight excluding hydrogens is 272 g/mol. The van der Waals surface area contributed by atoms with Crippen molar-refractivity contribution >= 4 is 0 Å². The molecule has 5 atom stereocenters. The maximum atomic E-state index is 10.7. The smallest absolute Gasteiger partial charge is 0.109 e. The summed E-state index contributed by atoms with van der Waals surface area (Å²) in [5.74, 6) is 0.858. The Morgan fingerprint density at radius 3 is 2.77 bits per heavy atom. The molecule has 0 radical (unpaired) electrons. The highest BCUT2D eigenvalue weighted by Crippen LogP contribution is 2.36. The van der Waals surface area contributed by atoms with Gasteiger partial charge >= 0.3 is 0 Å². The largest absolute Gasteiger partial charge is 0.389 e. The number of fused-ring (bicyclic) bond motifs is 1. The van der Waals surface area contributed by atoms with Crippen molar-refractivity contribution in [2.45, 2.75) is 78.6 Å². The molecule has 2 aliphatic rings. The second kappa shape index (κ2) is 7.61. The summed E-state index contributed by atoms with van der Waals surface area (Å²) in [6.07, 6.45) is 11.1. The number of epoxide rings is 1. The van der Waals surface area contributed by atoms with Crippen LogP contribution in [0.25, 0.3) is 0 Å². The molecule has 1 heterocycles. The third kappa shape index (κ3) is 4.82. The number of aliphatic hydroxyl groups is 1. The Balaban J connectivity index is 2.05. The first-order chi connectivity index (χ1) is 10.4. The van der Waals surface area contributed by atoms with Gasteiger partial charge in [0.15, 0.2) is 0 Å². The Bertz CT molecular complexity index is 468. The number of hydrogen-bond donors (Lipinski definition) is 1. The predicted molar refractivity (Wildman–Crippen MR) is 92.7 cm³/mol. The van der Waals surface area contributed by atoms with Gasteiger partial charge in [0.25, 0.3) is 0 Å². The Kier molecular flexibility index (Phi) is 6.05. The maximum Gasteiger partial charge on any atom is 0.109 e. The Morgan fingerprint density at radius 1 is 1.36 bits per heavy atom. The highest BCUT2D eigenvalue weighted by Gasteiger charge is 2.39. The first kappa shape index (κ1) is 17.5. The van der Waals surface area contributed by atoms with Crippen LogP contribution in [0, 0.1) is 11.8 Å². The lowest BCUT2D eigenvalue weighted by Gasteiger charge is -2.28. The van der Waals surface area contributed by atoms with Crippen molar-refractivity contribution in [3.8, 4) is 0 Å². The van der Waals surface area contributed by atoms with E-state index in [2.05, 4.69) is 46.8 Å². The van der Waals surface area contributed by atoms with Crippen LogP contribution in [0.4, 0.5) is 0 Å². The van der Waals surface area contributed by atoms with E-state index in [0.29, 0.717) is 11.8 Å². The third-order valence-corrected chi connectivity index (χ3v) is 5.07. The molecule has 5 unspecified atom stereocenters. The van der Waals surface area contributed by atoms with Gasteiger partial charge in [0.1, 0.15) is 12.2 Å². The topological polar surface area (TPSA) is 32.8 Å². The average molecular weight is 304 g/mol. The zero-order valence-corrected chi connectivity index (χ0v) is 14.8. The number of rotatable bonds is 4. The molecule has 0 saturated carbocycles. The van der Waals surface area contributed by atoms with Crippen LogP contribution < -0.4 is 0 Å². The van der Waals surface area contributed by atoms with Gasteiger partial charge in [0.05, 0.1) is 6.10 Å². The highest BCUT2D eigenvalue weighted by atomic mass is 16.6. The summed E-state index contributed by atoms with van der Waals surface area (Å²) in [7, 11) is 0. The Morgan fingerprint density at radius 2 is 2.09 bits per heavy atom. The fourth-order valence-electron chi connectivity index (χ4n) is 3.50. The van der Waals surface area contributed by atoms with E-state index >= 15 is 0 Å². The van der Waals surface area contributed by atoms with Crippen molar-refractivity contribution in [1.82, 2.24) is 0 Å². The summed E-state index contributed by atoms with van der Waals surface area (Å²) in [6, 6.07) is 0. The summed E-state index contributed by atoms with van der Waals surface area (Å²) < 4.78 is 5.70. The lowest BCUT2D eigenvalue weighted by molar-refractivity contribution is 0.106. The zero-order valence-electron chi connectivity index (χ0n) is 14.8. The molecule has 1 saturated heterocycles. The van der Waals surface area contributed by atoms with E-state index in [1.807, 2.05) is 6.08 Å². The molecule has 0 amide bonds. The molecular formula is C20H32O2. The summed E-state index contributed by atoms with van der Waals surface area (Å²) in [4.78, 5) is 0. The van der Waals surface area contributed by atoms with E-state index < -0.39 is 0 Å². The molecule has 0 aromatic rings. The second-order valence-corrected chi connectivity index (χ2v) is 7.47. The molecule has 1 N–H and O–H groups in total. The summed E-state index contributed by atoms with van der Waals surface area (Å²) in [5.41, 5.74) is 3.96. The van der Waals surface area contributed by atoms with Crippen LogP contribution in [0.5, 0.6) is 0 Å². The number of aliphatic hydroxyl groups excluding tert-OH is 1. The van der Waals surface area contributed by atoms with Crippen molar-refractivity contribution in [3.63, 3.8) is 0 Å². The van der Waals surface area contributed by atoms with Crippen molar-refractivity contribution in [3.05, 3.63) is 34.9 Å². The molecule has 0 spiro atoms. The Labute approximate surface area is 136 Å². The lowest BCUT2D eigenvalue weighted by Crippen LogP contribution is -2.26. The summed E-state index contributed by atoms with van der Waals surface area (Å²) >= 11 is 0. The summed E-state index contributed by atoms with van der Waals surface area (Å²) in [5, 5.41) is 10.7. The normalized spacial score (nSPS) is 33.2. The van der Waals surface area contributed by atoms with E-state index in [0.717, 1.165) is 25.7 Å². The SMILES string of the molecule is CC(C)=CCCC(C)C1CCC(C)=CC2OC2C(C)=CC1O. The molecule has 1 aliphatic carbocycles. The fraction of sp³-hybridized carbons (Fsp3) is 0.700. The second-order valence-electron chi connectivity index (χ2n) is 7.47. The van der Waals surface area contributed by atoms with Crippen molar-refractivity contribution in [2.24, 2.45) is 11.8 Å². The monoisotopic (exact) mass is 304 g/mol. The van der Waals surface area contributed by atoms with Crippen LogP contribution >= 0.6 is 0 Å². The molecule has 1 aliphatic heterocycles. The van der Waals surface area contributed by atoms with Gasteiger partial charge in [0.2, 0.25) is 0 Å². The van der Waals surface area contributed by atoms with Crippen molar-refractivity contribution in [2.75, 3.05) is 0 Å². The number of ether oxygens (including phenoxy) is 1. The van der Waals surface area contributed by atoms with Gasteiger partial charge in [-0.15, -0.1) is 0 Å². The molecule has 2 heteroatoms. The van der Waals surface area contributed by atoms with Crippen LogP contribution in [0.1, 0.15) is 60.3 Å². The van der Waals surface area contributed by atoms with E-state index in [1.165, 1.54) is 16.7 Å². The maximum absolute atomic E-state index is 10.7. The van der Waals surface area contributed by atoms with E-state index in [4.69, 9.17) is 4.74 Å². The minimum Gasteiger partial charge on any atom is -0.389 e. The van der Waals surface area contributed by atoms with E-state index in [1.54, 1.807) is 0 Å². The van der Waals surface area contributed by atoms with Crippen molar-refractivity contribution in [1.29, 1.82) is 0 Å². The molecule has 2 nitrogen and oxygen atoms in total. The molecule has 0 aromatic carbocycles. The first-order valence-electron chi connectivity index (χ1n) is 8.71. The van der Waals surface area contributed by atoms with Crippen LogP contribution in [0.3, 0.4) is 0 Å². The summed E-state index contributed by atoms with van der Waals surface area (Å²) in [6.45, 7) is 10.9. The minimum atomic E-state index is -0.350. The van der Waals surface area contributed by atoms with E-state index in [-0.39, 0.29) is 18.3 Å². The van der Waals surface area contributed by atoms with Gasteiger partial charge in [-0.3, -0.25) is 0 Å². The van der Waals surface area contributed by atoms with Gasteiger partial charge in [-0.1, -0.05) is 36.3 Å². The van der Waals surface area contributed by atoms with Crippen LogP contribution in [0.15, 0.2) is 34.9 Å². The average Bonchev–Trinajstić information content (AvgIpc) is 3.17. The predicted octanol–water partition coefficient (Wildman–Crippen LogP) is 4.80. The quantitative estimate of drug-likeness (QED) is 0.598.